The molecule has 3 heterocycles. The molecule has 240 valence electrons. The number of barbiturate groups is 1. The normalized spacial score (nSPS) is 14.3. The first-order chi connectivity index (χ1) is 23.1. The van der Waals surface area contributed by atoms with Gasteiger partial charge >= 0.3 is 11.7 Å². The molecule has 2 aromatic carbocycles. The lowest BCUT2D eigenvalue weighted by atomic mass is 10.0. The third kappa shape index (κ3) is 6.89. The van der Waals surface area contributed by atoms with E-state index in [1.807, 2.05) is 0 Å². The van der Waals surface area contributed by atoms with Crippen LogP contribution in [-0.2, 0) is 19.2 Å². The van der Waals surface area contributed by atoms with Crippen LogP contribution in [0, 0.1) is 0 Å². The second kappa shape index (κ2) is 13.9. The van der Waals surface area contributed by atoms with Gasteiger partial charge in [0, 0.05) is 25.0 Å². The highest BCUT2D eigenvalue weighted by Crippen LogP contribution is 2.24. The number of carbonyl (C=O) groups excluding carboxylic acids is 5. The molecule has 15 heteroatoms. The summed E-state index contributed by atoms with van der Waals surface area (Å²) < 4.78 is 0.783. The van der Waals surface area contributed by atoms with Gasteiger partial charge in [-0.25, -0.2) is 19.1 Å². The van der Waals surface area contributed by atoms with Crippen LogP contribution in [0.2, 0.25) is 0 Å². The molecule has 0 bridgehead atoms. The summed E-state index contributed by atoms with van der Waals surface area (Å²) in [7, 11) is 0. The summed E-state index contributed by atoms with van der Waals surface area (Å²) in [5.74, 6) is -2.88. The number of aromatic hydroxyl groups is 1. The van der Waals surface area contributed by atoms with E-state index in [0.29, 0.717) is 22.5 Å². The molecular formula is C33H24N7O8-. The number of rotatable bonds is 9. The largest absolute Gasteiger partial charge is 0.494 e. The molecule has 5 rings (SSSR count). The minimum Gasteiger partial charge on any atom is -0.494 e. The smallest absolute Gasteiger partial charge is 0.335 e. The van der Waals surface area contributed by atoms with Crippen molar-refractivity contribution in [1.82, 2.24) is 19.9 Å². The molecule has 1 fully saturated rings. The van der Waals surface area contributed by atoms with Crippen LogP contribution in [-0.4, -0.2) is 49.8 Å². The van der Waals surface area contributed by atoms with Gasteiger partial charge < -0.3 is 20.5 Å². The third-order valence-electron chi connectivity index (χ3n) is 6.86. The summed E-state index contributed by atoms with van der Waals surface area (Å²) in [6, 6.07) is 13.8. The third-order valence-corrected chi connectivity index (χ3v) is 6.86. The topological polar surface area (TPSA) is 213 Å². The van der Waals surface area contributed by atoms with Crippen molar-refractivity contribution in [1.29, 1.82) is 0 Å². The quantitative estimate of drug-likeness (QED) is 0.0593. The summed E-state index contributed by atoms with van der Waals surface area (Å²) in [4.78, 5) is 93.7. The number of urea groups is 1. The SMILES string of the molecule is CC(=O)Nc1ccc(N2C(=O)NC(=O)C(=CC=C(C=Cc3c(O)[nH]c(=O)n(-c4ccc(N[C-]=O)cc4)c3=O)c3ccncc3)C2=O)cc1. The average molecular weight is 647 g/mol. The number of pyridine rings is 1. The van der Waals surface area contributed by atoms with Gasteiger partial charge in [-0.05, 0) is 59.7 Å². The first kappa shape index (κ1) is 32.2. The van der Waals surface area contributed by atoms with Crippen molar-refractivity contribution < 1.29 is 29.1 Å². The molecular weight excluding hydrogens is 622 g/mol. The van der Waals surface area contributed by atoms with Gasteiger partial charge in [-0.15, -0.1) is 17.8 Å². The molecule has 0 aliphatic carbocycles. The van der Waals surface area contributed by atoms with Gasteiger partial charge in [0.05, 0.1) is 17.8 Å². The van der Waals surface area contributed by atoms with E-state index in [1.54, 1.807) is 12.1 Å². The number of benzene rings is 2. The highest BCUT2D eigenvalue weighted by atomic mass is 16.3. The molecule has 0 unspecified atom stereocenters. The number of imide groups is 2. The van der Waals surface area contributed by atoms with E-state index in [4.69, 9.17) is 0 Å². The van der Waals surface area contributed by atoms with Crippen molar-refractivity contribution in [3.63, 3.8) is 0 Å². The van der Waals surface area contributed by atoms with E-state index in [9.17, 15) is 38.7 Å². The zero-order valence-corrected chi connectivity index (χ0v) is 24.9. The molecule has 48 heavy (non-hydrogen) atoms. The van der Waals surface area contributed by atoms with Crippen LogP contribution in [0.25, 0.3) is 17.3 Å². The van der Waals surface area contributed by atoms with Crippen LogP contribution in [0.1, 0.15) is 18.1 Å². The number of H-pyrrole nitrogens is 1. The Labute approximate surface area is 270 Å². The Hall–Kier alpha value is -7.16. The summed E-state index contributed by atoms with van der Waals surface area (Å²) in [6.07, 6.45) is 9.72. The van der Waals surface area contributed by atoms with Crippen molar-refractivity contribution in [3.05, 3.63) is 129 Å². The van der Waals surface area contributed by atoms with Crippen LogP contribution < -0.4 is 32.1 Å². The van der Waals surface area contributed by atoms with Crippen LogP contribution >= 0.6 is 0 Å². The van der Waals surface area contributed by atoms with Crippen molar-refractivity contribution in [2.75, 3.05) is 15.5 Å². The first-order valence-corrected chi connectivity index (χ1v) is 14.0. The monoisotopic (exact) mass is 646 g/mol. The molecule has 2 aromatic heterocycles. The molecule has 1 aliphatic rings. The van der Waals surface area contributed by atoms with Gasteiger partial charge in [0.2, 0.25) is 11.8 Å². The fourth-order valence-electron chi connectivity index (χ4n) is 4.62. The number of nitrogens with one attached hydrogen (secondary N) is 4. The second-order valence-electron chi connectivity index (χ2n) is 10.0. The summed E-state index contributed by atoms with van der Waals surface area (Å²) in [6.45, 7) is 1.33. The van der Waals surface area contributed by atoms with Gasteiger partial charge in [0.1, 0.15) is 11.1 Å². The maximum atomic E-state index is 13.4. The van der Waals surface area contributed by atoms with E-state index in [-0.39, 0.29) is 28.4 Å². The minimum atomic E-state index is -0.967. The van der Waals surface area contributed by atoms with E-state index in [0.717, 1.165) is 9.47 Å². The summed E-state index contributed by atoms with van der Waals surface area (Å²) in [5.41, 5.74) is -0.515. The van der Waals surface area contributed by atoms with Gasteiger partial charge in [-0.1, -0.05) is 24.3 Å². The molecule has 15 nitrogen and oxygen atoms in total. The van der Waals surface area contributed by atoms with Crippen molar-refractivity contribution in [2.24, 2.45) is 0 Å². The molecule has 0 atom stereocenters. The average Bonchev–Trinajstić information content (AvgIpc) is 3.05. The summed E-state index contributed by atoms with van der Waals surface area (Å²) in [5, 5.41) is 17.5. The number of nitrogens with zero attached hydrogens (tertiary/aromatic N) is 3. The van der Waals surface area contributed by atoms with Gasteiger partial charge in [-0.2, -0.15) is 0 Å². The van der Waals surface area contributed by atoms with E-state index in [1.165, 1.54) is 98.6 Å². The molecule has 0 spiro atoms. The van der Waals surface area contributed by atoms with E-state index >= 15 is 0 Å². The Morgan fingerprint density at radius 1 is 0.917 bits per heavy atom. The number of allylic oxidation sites excluding steroid dienone is 4. The second-order valence-corrected chi connectivity index (χ2v) is 10.0. The molecule has 0 radical (unpaired) electrons. The summed E-state index contributed by atoms with van der Waals surface area (Å²) >= 11 is 0. The minimum absolute atomic E-state index is 0.140. The maximum Gasteiger partial charge on any atom is 0.335 e. The predicted molar refractivity (Wildman–Crippen MR) is 175 cm³/mol. The molecule has 1 saturated heterocycles. The lowest BCUT2D eigenvalue weighted by Gasteiger charge is -2.26. The standard InChI is InChI=1S/C33H24N7O8/c1-19(42)36-23-6-10-25(11-7-23)40-31(46)27(29(44)38-33(40)48)13-3-20(21-14-16-34-17-15-21)2-12-26-28(43)37-32(47)39(30(26)45)24-8-4-22(5-9-24)35-18-41/h2-17,43H,1H3,(H,35,41)(H,36,42)(H,37,47)(H,38,44,48)/q-1. The Morgan fingerprint density at radius 2 is 1.56 bits per heavy atom. The Kier molecular flexibility index (Phi) is 9.31. The van der Waals surface area contributed by atoms with Gasteiger partial charge in [0.25, 0.3) is 17.4 Å². The Morgan fingerprint density at radius 3 is 2.21 bits per heavy atom. The van der Waals surface area contributed by atoms with Crippen molar-refractivity contribution in [2.45, 2.75) is 6.92 Å². The number of aromatic nitrogens is 3. The first-order valence-electron chi connectivity index (χ1n) is 14.0. The van der Waals surface area contributed by atoms with Crippen LogP contribution in [0.4, 0.5) is 21.9 Å². The molecule has 0 saturated carbocycles. The molecule has 4 aromatic rings. The fraction of sp³-hybridized carbons (Fsp3) is 0.0303. The zero-order valence-electron chi connectivity index (χ0n) is 24.9. The van der Waals surface area contributed by atoms with Crippen molar-refractivity contribution in [3.8, 4) is 11.6 Å². The highest BCUT2D eigenvalue weighted by Gasteiger charge is 2.36. The van der Waals surface area contributed by atoms with Crippen LogP contribution in [0.3, 0.4) is 0 Å². The van der Waals surface area contributed by atoms with Crippen LogP contribution in [0.15, 0.2) is 106 Å². The lowest BCUT2D eigenvalue weighted by molar-refractivity contribution is -0.122. The molecule has 1 aliphatic heterocycles. The predicted octanol–water partition coefficient (Wildman–Crippen LogP) is 2.37. The van der Waals surface area contributed by atoms with E-state index < -0.39 is 35.0 Å². The lowest BCUT2D eigenvalue weighted by Crippen LogP contribution is -2.54. The number of hydrogen-bond acceptors (Lipinski definition) is 9. The van der Waals surface area contributed by atoms with E-state index in [2.05, 4.69) is 25.9 Å². The number of anilines is 3. The maximum absolute atomic E-state index is 13.4. The number of aromatic amines is 1. The number of hydrogen-bond donors (Lipinski definition) is 5. The number of carbonyl (C=O) groups is 4. The molecule has 6 amide bonds. The van der Waals surface area contributed by atoms with Gasteiger partial charge in [0.15, 0.2) is 0 Å². The van der Waals surface area contributed by atoms with Crippen LogP contribution in [0.5, 0.6) is 5.88 Å². The molecule has 5 N–H and O–H groups in total. The zero-order chi connectivity index (χ0) is 34.4. The Bertz CT molecular complexity index is 2150. The van der Waals surface area contributed by atoms with Gasteiger partial charge in [-0.3, -0.25) is 34.5 Å². The fourth-order valence-corrected chi connectivity index (χ4v) is 4.62. The number of amides is 6. The van der Waals surface area contributed by atoms with Crippen molar-refractivity contribution >= 4 is 58.9 Å². The Balaban J connectivity index is 1.53. The highest BCUT2D eigenvalue weighted by molar-refractivity contribution is 6.37.